The maximum Gasteiger partial charge on any atom is 4.00 e. The van der Waals surface area contributed by atoms with E-state index in [-0.39, 0.29) is 50.7 Å². The third-order valence-corrected chi connectivity index (χ3v) is 9.41. The minimum absolute atomic E-state index is 0. The van der Waals surface area contributed by atoms with Gasteiger partial charge < -0.3 is 24.8 Å². The predicted molar refractivity (Wildman–Crippen MR) is 95.3 cm³/mol. The molecule has 4 heteroatoms. The van der Waals surface area contributed by atoms with Crippen molar-refractivity contribution in [3.63, 3.8) is 0 Å². The molecule has 2 aliphatic rings. The first kappa shape index (κ1) is 26.9. The Morgan fingerprint density at radius 1 is 0.750 bits per heavy atom. The van der Waals surface area contributed by atoms with Crippen LogP contribution in [0.25, 0.3) is 0 Å². The quantitative estimate of drug-likeness (QED) is 0.343. The molecule has 0 unspecified atom stereocenters. The van der Waals surface area contributed by atoms with Gasteiger partial charge >= 0.3 is 25.8 Å². The number of allylic oxidation sites excluding steroid dienone is 8. The van der Waals surface area contributed by atoms with Crippen molar-refractivity contribution in [3.8, 4) is 0 Å². The smallest absolute Gasteiger partial charge is 1.00 e. The van der Waals surface area contributed by atoms with Gasteiger partial charge in [-0.2, -0.15) is 10.4 Å². The maximum atomic E-state index is 3.66. The van der Waals surface area contributed by atoms with Crippen LogP contribution < -0.4 is 24.8 Å². The average Bonchev–Trinajstić information content (AvgIpc) is 2.92. The van der Waals surface area contributed by atoms with E-state index in [4.69, 9.17) is 0 Å². The maximum absolute atomic E-state index is 3.66. The summed E-state index contributed by atoms with van der Waals surface area (Å²) >= 11 is 0. The molecule has 0 bridgehead atoms. The summed E-state index contributed by atoms with van der Waals surface area (Å²) in [5, 5.41) is 3.40. The van der Waals surface area contributed by atoms with E-state index in [2.05, 4.69) is 66.8 Å². The van der Waals surface area contributed by atoms with Gasteiger partial charge in [-0.3, -0.25) is 12.2 Å². The van der Waals surface area contributed by atoms with Gasteiger partial charge in [-0.1, -0.05) is 52.6 Å². The standard InChI is InChI=1S/C20H30Si.2ClH.Hf/c1-13(2)17-9-11-19(15(17)5)21(7,8)20-12-10-18(14(3)4)16(20)6;;;/h13-14H,11-12H2,1-8H3;2*1H;/q-2;;;+4/p-2. The molecule has 2 rings (SSSR count). The van der Waals surface area contributed by atoms with Gasteiger partial charge in [-0.25, -0.2) is 22.3 Å². The zero-order valence-corrected chi connectivity index (χ0v) is 22.4. The van der Waals surface area contributed by atoms with E-state index in [1.54, 1.807) is 21.5 Å². The molecule has 0 amide bonds. The number of halogens is 2. The van der Waals surface area contributed by atoms with Crippen LogP contribution in [0.15, 0.2) is 32.7 Å². The van der Waals surface area contributed by atoms with E-state index < -0.39 is 8.07 Å². The molecular formula is C20H30Cl2HfSi. The van der Waals surface area contributed by atoms with Crippen molar-refractivity contribution in [1.82, 2.24) is 0 Å². The monoisotopic (exact) mass is 548 g/mol. The Morgan fingerprint density at radius 3 is 1.25 bits per heavy atom. The minimum atomic E-state index is -1.55. The Balaban J connectivity index is 0. The van der Waals surface area contributed by atoms with Crippen LogP contribution in [-0.4, -0.2) is 8.07 Å². The average molecular weight is 548 g/mol. The third-order valence-electron chi connectivity index (χ3n) is 5.29. The summed E-state index contributed by atoms with van der Waals surface area (Å²) in [6.07, 6.45) is 9.45. The Bertz CT molecular complexity index is 528. The van der Waals surface area contributed by atoms with Gasteiger partial charge in [0.15, 0.2) is 0 Å². The molecule has 0 spiro atoms. The van der Waals surface area contributed by atoms with Crippen LogP contribution in [0.3, 0.4) is 0 Å². The molecule has 0 aliphatic heterocycles. The molecule has 0 saturated carbocycles. The zero-order chi connectivity index (χ0) is 15.9. The van der Waals surface area contributed by atoms with Crippen LogP contribution in [0, 0.1) is 24.0 Å². The van der Waals surface area contributed by atoms with E-state index in [1.165, 1.54) is 11.1 Å². The molecule has 0 atom stereocenters. The van der Waals surface area contributed by atoms with E-state index in [0.29, 0.717) is 11.8 Å². The molecule has 0 aromatic heterocycles. The first-order valence-corrected chi connectivity index (χ1v) is 11.3. The summed E-state index contributed by atoms with van der Waals surface area (Å²) in [6, 6.07) is 0. The number of hydrogen-bond donors (Lipinski definition) is 0. The third kappa shape index (κ3) is 4.87. The van der Waals surface area contributed by atoms with E-state index in [0.717, 1.165) is 12.8 Å². The summed E-state index contributed by atoms with van der Waals surface area (Å²) in [6.45, 7) is 18.9. The molecule has 0 saturated heterocycles. The fourth-order valence-electron chi connectivity index (χ4n) is 4.06. The number of rotatable bonds is 4. The zero-order valence-electron chi connectivity index (χ0n) is 16.3. The molecule has 0 radical (unpaired) electrons. The van der Waals surface area contributed by atoms with Crippen LogP contribution in [0.5, 0.6) is 0 Å². The van der Waals surface area contributed by atoms with E-state index >= 15 is 0 Å². The molecule has 0 N–H and O–H groups in total. The second kappa shape index (κ2) is 10.1. The van der Waals surface area contributed by atoms with Crippen LogP contribution in [0.4, 0.5) is 0 Å². The summed E-state index contributed by atoms with van der Waals surface area (Å²) in [5.74, 6) is 1.20. The molecule has 24 heavy (non-hydrogen) atoms. The molecule has 132 valence electrons. The molecular weight excluding hydrogens is 518 g/mol. The van der Waals surface area contributed by atoms with E-state index in [9.17, 15) is 0 Å². The summed E-state index contributed by atoms with van der Waals surface area (Å²) in [7, 11) is -1.55. The van der Waals surface area contributed by atoms with Crippen LogP contribution >= 0.6 is 0 Å². The molecule has 2 aliphatic carbocycles. The molecule has 0 fully saturated rings. The normalized spacial score (nSPS) is 17.6. The van der Waals surface area contributed by atoms with Gasteiger partial charge in [0.1, 0.15) is 0 Å². The fraction of sp³-hybridized carbons (Fsp3) is 0.600. The Labute approximate surface area is 181 Å². The van der Waals surface area contributed by atoms with E-state index in [1.807, 2.05) is 0 Å². The SMILES string of the molecule is CC1=C([Si](C)(C)C2=C(C)C(C(C)C)=[C-]C2)C[C-]=C1C(C)C.[Cl-].[Cl-].[Hf+4]. The minimum Gasteiger partial charge on any atom is -1.00 e. The Morgan fingerprint density at radius 2 is 1.04 bits per heavy atom. The van der Waals surface area contributed by atoms with Crippen LogP contribution in [0.2, 0.25) is 13.1 Å². The summed E-state index contributed by atoms with van der Waals surface area (Å²) in [4.78, 5) is 0. The van der Waals surface area contributed by atoms with Gasteiger partial charge in [0.25, 0.3) is 0 Å². The summed E-state index contributed by atoms with van der Waals surface area (Å²) in [5.41, 5.74) is 6.01. The Kier molecular flexibility index (Phi) is 11.3. The molecule has 0 aromatic rings. The van der Waals surface area contributed by atoms with Gasteiger partial charge in [-0.15, -0.1) is 26.7 Å². The number of hydrogen-bond acceptors (Lipinski definition) is 0. The van der Waals surface area contributed by atoms with Crippen molar-refractivity contribution in [3.05, 3.63) is 44.8 Å². The first-order valence-electron chi connectivity index (χ1n) is 8.30. The topological polar surface area (TPSA) is 0 Å². The summed E-state index contributed by atoms with van der Waals surface area (Å²) < 4.78 is 0. The molecule has 0 heterocycles. The van der Waals surface area contributed by atoms with Crippen molar-refractivity contribution in [2.24, 2.45) is 11.8 Å². The first-order chi connectivity index (χ1) is 9.67. The van der Waals surface area contributed by atoms with Gasteiger partial charge in [0, 0.05) is 0 Å². The molecule has 0 nitrogen and oxygen atoms in total. The van der Waals surface area contributed by atoms with Gasteiger partial charge in [-0.05, 0) is 0 Å². The predicted octanol–water partition coefficient (Wildman–Crippen LogP) is -0.00972. The van der Waals surface area contributed by atoms with Crippen molar-refractivity contribution in [1.29, 1.82) is 0 Å². The second-order valence-electron chi connectivity index (χ2n) is 7.68. The van der Waals surface area contributed by atoms with Crippen LogP contribution in [0.1, 0.15) is 54.4 Å². The van der Waals surface area contributed by atoms with Crippen molar-refractivity contribution in [2.45, 2.75) is 67.5 Å². The molecule has 0 aromatic carbocycles. The van der Waals surface area contributed by atoms with Crippen LogP contribution in [-0.2, 0) is 25.8 Å². The van der Waals surface area contributed by atoms with Gasteiger partial charge in [0.2, 0.25) is 0 Å². The van der Waals surface area contributed by atoms with Gasteiger partial charge in [0.05, 0.1) is 8.07 Å². The fourth-order valence-corrected chi connectivity index (χ4v) is 7.63. The Hall–Kier alpha value is 0.627. The largest absolute Gasteiger partial charge is 4.00 e. The second-order valence-corrected chi connectivity index (χ2v) is 12.1. The van der Waals surface area contributed by atoms with Crippen molar-refractivity contribution in [2.75, 3.05) is 0 Å². The van der Waals surface area contributed by atoms with Crippen molar-refractivity contribution >= 4 is 8.07 Å². The van der Waals surface area contributed by atoms with Crippen molar-refractivity contribution < 1.29 is 50.7 Å².